The van der Waals surface area contributed by atoms with Crippen LogP contribution in [-0.4, -0.2) is 58.8 Å². The standard InChI is InChI=1S/C27H32N8O3/c1-6-13-37-24-29-23(30-25(31-24)38-18-15-26(2,3)34-27(4,5)16-18)28-17-11-12-19-20(14-17)33-35(32-19)21-9-7-8-10-22(21)36/h6-12,14,18,34,36H,1,13,15-16H2,2-5H3,(H,28,29,30,31). The first kappa shape index (κ1) is 25.4. The highest BCUT2D eigenvalue weighted by Crippen LogP contribution is 2.31. The number of rotatable bonds is 8. The van der Waals surface area contributed by atoms with Crippen molar-refractivity contribution in [2.75, 3.05) is 11.9 Å². The zero-order chi connectivity index (χ0) is 26.9. The number of fused-ring (bicyclic) bond motifs is 1. The minimum Gasteiger partial charge on any atom is -0.506 e. The second-order valence-electron chi connectivity index (χ2n) is 10.7. The summed E-state index contributed by atoms with van der Waals surface area (Å²) >= 11 is 0. The maximum atomic E-state index is 10.2. The summed E-state index contributed by atoms with van der Waals surface area (Å²) in [5.74, 6) is 0.366. The number of phenols is 1. The molecule has 1 aliphatic heterocycles. The van der Waals surface area contributed by atoms with Gasteiger partial charge in [-0.2, -0.15) is 9.97 Å². The van der Waals surface area contributed by atoms with Crippen molar-refractivity contribution in [3.05, 3.63) is 55.1 Å². The SMILES string of the molecule is C=CCOc1nc(Nc2ccc3nn(-c4ccccc4O)nc3c2)nc(OC2CC(C)(C)NC(C)(C)C2)n1. The van der Waals surface area contributed by atoms with Gasteiger partial charge in [0, 0.05) is 29.6 Å². The maximum absolute atomic E-state index is 10.2. The van der Waals surface area contributed by atoms with E-state index in [0.717, 1.165) is 12.8 Å². The van der Waals surface area contributed by atoms with Gasteiger partial charge in [-0.25, -0.2) is 0 Å². The second-order valence-corrected chi connectivity index (χ2v) is 10.7. The highest BCUT2D eigenvalue weighted by atomic mass is 16.5. The van der Waals surface area contributed by atoms with E-state index in [1.807, 2.05) is 24.3 Å². The number of phenolic OH excluding ortho intramolecular Hbond substituents is 1. The Morgan fingerprint density at radius 1 is 1.03 bits per heavy atom. The van der Waals surface area contributed by atoms with E-state index >= 15 is 0 Å². The zero-order valence-electron chi connectivity index (χ0n) is 22.0. The number of anilines is 2. The lowest BCUT2D eigenvalue weighted by Gasteiger charge is -2.45. The van der Waals surface area contributed by atoms with Gasteiger partial charge in [-0.15, -0.1) is 20.0 Å². The second kappa shape index (κ2) is 9.90. The Labute approximate surface area is 220 Å². The predicted octanol–water partition coefficient (Wildman–Crippen LogP) is 4.31. The Balaban J connectivity index is 1.40. The van der Waals surface area contributed by atoms with E-state index in [1.54, 1.807) is 24.3 Å². The Kier molecular flexibility index (Phi) is 6.62. The van der Waals surface area contributed by atoms with E-state index in [9.17, 15) is 5.11 Å². The summed E-state index contributed by atoms with van der Waals surface area (Å²) in [7, 11) is 0. The van der Waals surface area contributed by atoms with Gasteiger partial charge in [-0.3, -0.25) is 0 Å². The zero-order valence-corrected chi connectivity index (χ0v) is 22.0. The fourth-order valence-electron chi connectivity index (χ4n) is 4.97. The third-order valence-electron chi connectivity index (χ3n) is 6.08. The van der Waals surface area contributed by atoms with Crippen molar-refractivity contribution >= 4 is 22.7 Å². The van der Waals surface area contributed by atoms with E-state index in [4.69, 9.17) is 9.47 Å². The van der Waals surface area contributed by atoms with Crippen molar-refractivity contribution < 1.29 is 14.6 Å². The van der Waals surface area contributed by atoms with E-state index < -0.39 is 0 Å². The number of nitrogens with one attached hydrogen (secondary N) is 2. The normalized spacial score (nSPS) is 16.7. The van der Waals surface area contributed by atoms with E-state index in [0.29, 0.717) is 22.4 Å². The molecule has 1 fully saturated rings. The molecule has 0 atom stereocenters. The maximum Gasteiger partial charge on any atom is 0.324 e. The molecule has 38 heavy (non-hydrogen) atoms. The minimum absolute atomic E-state index is 0.0791. The van der Waals surface area contributed by atoms with E-state index in [1.165, 1.54) is 4.80 Å². The number of benzene rings is 2. The molecule has 0 amide bonds. The lowest BCUT2D eigenvalue weighted by molar-refractivity contribution is 0.0492. The molecule has 0 radical (unpaired) electrons. The van der Waals surface area contributed by atoms with Crippen LogP contribution in [0, 0.1) is 0 Å². The van der Waals surface area contributed by atoms with Gasteiger partial charge in [0.1, 0.15) is 35.2 Å². The first-order valence-corrected chi connectivity index (χ1v) is 12.5. The van der Waals surface area contributed by atoms with Crippen molar-refractivity contribution in [1.29, 1.82) is 0 Å². The number of para-hydroxylation sites is 2. The summed E-state index contributed by atoms with van der Waals surface area (Å²) in [6.45, 7) is 12.6. The molecular formula is C27H32N8O3. The molecule has 5 rings (SSSR count). The van der Waals surface area contributed by atoms with Crippen LogP contribution >= 0.6 is 0 Å². The smallest absolute Gasteiger partial charge is 0.324 e. The Hall–Kier alpha value is -4.25. The van der Waals surface area contributed by atoms with Crippen LogP contribution < -0.4 is 20.1 Å². The largest absolute Gasteiger partial charge is 0.506 e. The third kappa shape index (κ3) is 5.83. The summed E-state index contributed by atoms with van der Waals surface area (Å²) in [5, 5.41) is 26.0. The monoisotopic (exact) mass is 516 g/mol. The minimum atomic E-state index is -0.0912. The van der Waals surface area contributed by atoms with Gasteiger partial charge in [0.15, 0.2) is 0 Å². The third-order valence-corrected chi connectivity index (χ3v) is 6.08. The van der Waals surface area contributed by atoms with E-state index in [-0.39, 0.29) is 47.5 Å². The van der Waals surface area contributed by atoms with Crippen molar-refractivity contribution in [3.63, 3.8) is 0 Å². The number of aromatic hydroxyl groups is 1. The van der Waals surface area contributed by atoms with Crippen LogP contribution in [0.1, 0.15) is 40.5 Å². The highest BCUT2D eigenvalue weighted by molar-refractivity contribution is 5.79. The molecule has 3 N–H and O–H groups in total. The first-order valence-electron chi connectivity index (χ1n) is 12.5. The molecule has 0 unspecified atom stereocenters. The predicted molar refractivity (Wildman–Crippen MR) is 144 cm³/mol. The Bertz CT molecular complexity index is 1450. The summed E-state index contributed by atoms with van der Waals surface area (Å²) in [4.78, 5) is 14.7. The summed E-state index contributed by atoms with van der Waals surface area (Å²) in [6, 6.07) is 12.7. The molecule has 0 bridgehead atoms. The van der Waals surface area contributed by atoms with Crippen LogP contribution in [-0.2, 0) is 0 Å². The Morgan fingerprint density at radius 3 is 2.47 bits per heavy atom. The van der Waals surface area contributed by atoms with Gasteiger partial charge < -0.3 is 25.2 Å². The van der Waals surface area contributed by atoms with Gasteiger partial charge in [0.25, 0.3) is 0 Å². The lowest BCUT2D eigenvalue weighted by Crippen LogP contribution is -2.60. The van der Waals surface area contributed by atoms with Crippen molar-refractivity contribution in [3.8, 4) is 23.5 Å². The van der Waals surface area contributed by atoms with Crippen LogP contribution in [0.25, 0.3) is 16.7 Å². The van der Waals surface area contributed by atoms with Crippen LogP contribution in [0.15, 0.2) is 55.1 Å². The molecule has 0 aliphatic carbocycles. The van der Waals surface area contributed by atoms with Gasteiger partial charge in [-0.1, -0.05) is 24.8 Å². The quantitative estimate of drug-likeness (QED) is 0.291. The molecule has 11 nitrogen and oxygen atoms in total. The number of nitrogens with zero attached hydrogens (tertiary/aromatic N) is 6. The summed E-state index contributed by atoms with van der Waals surface area (Å²) in [6.07, 6.45) is 3.15. The number of hydrogen-bond acceptors (Lipinski definition) is 10. The average molecular weight is 517 g/mol. The molecule has 0 saturated carbocycles. The molecule has 2 aromatic carbocycles. The van der Waals surface area contributed by atoms with Crippen molar-refractivity contribution in [1.82, 2.24) is 35.3 Å². The number of piperidine rings is 1. The average Bonchev–Trinajstić information content (AvgIpc) is 3.24. The number of hydrogen-bond donors (Lipinski definition) is 3. The molecule has 11 heteroatoms. The van der Waals surface area contributed by atoms with Crippen molar-refractivity contribution in [2.45, 2.75) is 57.7 Å². The number of ether oxygens (including phenoxy) is 2. The molecule has 0 spiro atoms. The molecule has 4 aromatic rings. The van der Waals surface area contributed by atoms with Crippen molar-refractivity contribution in [2.24, 2.45) is 0 Å². The van der Waals surface area contributed by atoms with Crippen LogP contribution in [0.5, 0.6) is 17.8 Å². The molecule has 1 aliphatic rings. The topological polar surface area (TPSA) is 132 Å². The van der Waals surface area contributed by atoms with E-state index in [2.05, 4.69) is 70.1 Å². The van der Waals surface area contributed by atoms with Gasteiger partial charge in [-0.05, 0) is 58.0 Å². The van der Waals surface area contributed by atoms with Gasteiger partial charge >= 0.3 is 12.0 Å². The highest BCUT2D eigenvalue weighted by Gasteiger charge is 2.39. The number of aromatic nitrogens is 6. The summed E-state index contributed by atoms with van der Waals surface area (Å²) in [5.41, 5.74) is 2.30. The molecule has 3 heterocycles. The van der Waals surface area contributed by atoms with Crippen LogP contribution in [0.4, 0.5) is 11.6 Å². The molecule has 2 aromatic heterocycles. The molecule has 198 valence electrons. The Morgan fingerprint density at radius 2 is 1.74 bits per heavy atom. The fourth-order valence-corrected chi connectivity index (χ4v) is 4.97. The molecule has 1 saturated heterocycles. The van der Waals surface area contributed by atoms with Crippen LogP contribution in [0.2, 0.25) is 0 Å². The lowest BCUT2D eigenvalue weighted by atomic mass is 9.81. The van der Waals surface area contributed by atoms with Gasteiger partial charge in [0.05, 0.1) is 0 Å². The summed E-state index contributed by atoms with van der Waals surface area (Å²) < 4.78 is 11.9. The van der Waals surface area contributed by atoms with Crippen LogP contribution in [0.3, 0.4) is 0 Å². The fraction of sp³-hybridized carbons (Fsp3) is 0.370. The molecular weight excluding hydrogens is 484 g/mol. The first-order chi connectivity index (χ1) is 18.1. The van der Waals surface area contributed by atoms with Gasteiger partial charge in [0.2, 0.25) is 5.95 Å².